The van der Waals surface area contributed by atoms with Gasteiger partial charge in [-0.1, -0.05) is 13.8 Å². The van der Waals surface area contributed by atoms with Gasteiger partial charge >= 0.3 is 0 Å². The first-order valence-corrected chi connectivity index (χ1v) is 8.69. The van der Waals surface area contributed by atoms with Crippen LogP contribution in [-0.4, -0.2) is 46.8 Å². The molecule has 0 radical (unpaired) electrons. The Morgan fingerprint density at radius 3 is 2.96 bits per heavy atom. The predicted octanol–water partition coefficient (Wildman–Crippen LogP) is 1.51. The van der Waals surface area contributed by atoms with Crippen molar-refractivity contribution in [2.45, 2.75) is 46.1 Å². The standard InChI is InChI=1S/C17H28N4O2/c1-3-10-21-16(22)8-7-15(19-21)17(23)18-9-5-12-20-11-4-6-14(2)13-20/h7-8,14H,3-6,9-13H2,1-2H3,(H,18,23). The molecule has 1 aromatic heterocycles. The minimum atomic E-state index is -0.207. The third-order valence-corrected chi connectivity index (χ3v) is 4.21. The largest absolute Gasteiger partial charge is 0.351 e. The molecule has 0 aliphatic carbocycles. The summed E-state index contributed by atoms with van der Waals surface area (Å²) in [7, 11) is 0. The lowest BCUT2D eigenvalue weighted by Crippen LogP contribution is -2.36. The van der Waals surface area contributed by atoms with E-state index in [-0.39, 0.29) is 11.5 Å². The highest BCUT2D eigenvalue weighted by atomic mass is 16.2. The van der Waals surface area contributed by atoms with Gasteiger partial charge in [-0.15, -0.1) is 0 Å². The van der Waals surface area contributed by atoms with Gasteiger partial charge in [0.25, 0.3) is 11.5 Å². The Labute approximate surface area is 137 Å². The van der Waals surface area contributed by atoms with Crippen LogP contribution in [0, 0.1) is 5.92 Å². The highest BCUT2D eigenvalue weighted by Crippen LogP contribution is 2.15. The minimum absolute atomic E-state index is 0.164. The molecule has 1 N–H and O–H groups in total. The maximum atomic E-state index is 12.1. The molecule has 0 aromatic carbocycles. The van der Waals surface area contributed by atoms with Gasteiger partial charge in [0, 0.05) is 25.7 Å². The molecule has 6 heteroatoms. The molecule has 1 fully saturated rings. The number of hydrogen-bond donors (Lipinski definition) is 1. The second-order valence-corrected chi connectivity index (χ2v) is 6.44. The summed E-state index contributed by atoms with van der Waals surface area (Å²) in [6, 6.07) is 2.91. The number of nitrogens with one attached hydrogen (secondary N) is 1. The van der Waals surface area contributed by atoms with Crippen LogP contribution in [0.2, 0.25) is 0 Å². The molecule has 1 aromatic rings. The van der Waals surface area contributed by atoms with Gasteiger partial charge in [-0.05, 0) is 50.8 Å². The van der Waals surface area contributed by atoms with E-state index in [0.29, 0.717) is 18.8 Å². The Bertz CT molecular complexity index is 570. The number of nitrogens with zero attached hydrogens (tertiary/aromatic N) is 3. The number of aryl methyl sites for hydroxylation is 1. The lowest BCUT2D eigenvalue weighted by atomic mass is 10.0. The molecule has 2 rings (SSSR count). The number of piperidine rings is 1. The molecule has 1 aliphatic heterocycles. The van der Waals surface area contributed by atoms with Crippen molar-refractivity contribution >= 4 is 5.91 Å². The van der Waals surface area contributed by atoms with Crippen molar-refractivity contribution in [3.63, 3.8) is 0 Å². The van der Waals surface area contributed by atoms with Crippen molar-refractivity contribution in [3.8, 4) is 0 Å². The molecule has 1 amide bonds. The van der Waals surface area contributed by atoms with Crippen LogP contribution in [0.25, 0.3) is 0 Å². The number of hydrogen-bond acceptors (Lipinski definition) is 4. The van der Waals surface area contributed by atoms with Gasteiger partial charge in [-0.25, -0.2) is 4.68 Å². The first-order chi connectivity index (χ1) is 11.1. The summed E-state index contributed by atoms with van der Waals surface area (Å²) < 4.78 is 1.35. The first kappa shape index (κ1) is 17.7. The van der Waals surface area contributed by atoms with E-state index in [9.17, 15) is 9.59 Å². The van der Waals surface area contributed by atoms with Gasteiger partial charge < -0.3 is 10.2 Å². The zero-order chi connectivity index (χ0) is 16.7. The number of likely N-dealkylation sites (tertiary alicyclic amines) is 1. The molecular formula is C17H28N4O2. The third-order valence-electron chi connectivity index (χ3n) is 4.21. The van der Waals surface area contributed by atoms with Crippen LogP contribution in [0.15, 0.2) is 16.9 Å². The minimum Gasteiger partial charge on any atom is -0.351 e. The first-order valence-electron chi connectivity index (χ1n) is 8.69. The zero-order valence-corrected chi connectivity index (χ0v) is 14.3. The lowest BCUT2D eigenvalue weighted by molar-refractivity contribution is 0.0942. The van der Waals surface area contributed by atoms with Crippen molar-refractivity contribution in [1.29, 1.82) is 0 Å². The second kappa shape index (κ2) is 8.82. The molecule has 128 valence electrons. The lowest BCUT2D eigenvalue weighted by Gasteiger charge is -2.30. The summed E-state index contributed by atoms with van der Waals surface area (Å²) in [5.41, 5.74) is 0.146. The molecule has 1 saturated heterocycles. The molecule has 1 unspecified atom stereocenters. The van der Waals surface area contributed by atoms with Gasteiger partial charge in [0.15, 0.2) is 0 Å². The Morgan fingerprint density at radius 1 is 1.39 bits per heavy atom. The van der Waals surface area contributed by atoms with E-state index in [2.05, 4.69) is 22.2 Å². The second-order valence-electron chi connectivity index (χ2n) is 6.44. The maximum absolute atomic E-state index is 12.1. The number of carbonyl (C=O) groups excluding carboxylic acids is 1. The third kappa shape index (κ3) is 5.46. The van der Waals surface area contributed by atoms with E-state index in [1.807, 2.05) is 6.92 Å². The normalized spacial score (nSPS) is 18.8. The predicted molar refractivity (Wildman–Crippen MR) is 90.6 cm³/mol. The average molecular weight is 320 g/mol. The number of carbonyl (C=O) groups is 1. The van der Waals surface area contributed by atoms with E-state index >= 15 is 0 Å². The molecular weight excluding hydrogens is 292 g/mol. The summed E-state index contributed by atoms with van der Waals surface area (Å²) >= 11 is 0. The summed E-state index contributed by atoms with van der Waals surface area (Å²) in [6.45, 7) is 8.80. The summed E-state index contributed by atoms with van der Waals surface area (Å²) in [6.07, 6.45) is 4.35. The molecule has 23 heavy (non-hydrogen) atoms. The summed E-state index contributed by atoms with van der Waals surface area (Å²) in [4.78, 5) is 26.2. The topological polar surface area (TPSA) is 67.2 Å². The molecule has 2 heterocycles. The van der Waals surface area contributed by atoms with Crippen LogP contribution in [0.5, 0.6) is 0 Å². The summed E-state index contributed by atoms with van der Waals surface area (Å²) in [5, 5.41) is 7.02. The Kier molecular flexibility index (Phi) is 6.77. The van der Waals surface area contributed by atoms with Crippen LogP contribution in [0.1, 0.15) is 50.0 Å². The zero-order valence-electron chi connectivity index (χ0n) is 14.3. The number of amides is 1. The highest BCUT2D eigenvalue weighted by molar-refractivity contribution is 5.91. The van der Waals surface area contributed by atoms with Crippen LogP contribution < -0.4 is 10.9 Å². The van der Waals surface area contributed by atoms with Gasteiger partial charge in [0.05, 0.1) is 0 Å². The van der Waals surface area contributed by atoms with Crippen LogP contribution in [-0.2, 0) is 6.54 Å². The van der Waals surface area contributed by atoms with Crippen molar-refractivity contribution in [1.82, 2.24) is 20.0 Å². The van der Waals surface area contributed by atoms with Crippen LogP contribution in [0.3, 0.4) is 0 Å². The van der Waals surface area contributed by atoms with E-state index in [1.165, 1.54) is 36.2 Å². The molecule has 0 spiro atoms. The van der Waals surface area contributed by atoms with E-state index in [0.717, 1.165) is 31.8 Å². The quantitative estimate of drug-likeness (QED) is 0.773. The smallest absolute Gasteiger partial charge is 0.271 e. The van der Waals surface area contributed by atoms with Gasteiger partial charge in [-0.3, -0.25) is 9.59 Å². The summed E-state index contributed by atoms with van der Waals surface area (Å²) in [5.74, 6) is 0.573. The maximum Gasteiger partial charge on any atom is 0.271 e. The fraction of sp³-hybridized carbons (Fsp3) is 0.706. The Hall–Kier alpha value is -1.69. The number of aromatic nitrogens is 2. The Balaban J connectivity index is 1.76. The van der Waals surface area contributed by atoms with Crippen molar-refractivity contribution in [3.05, 3.63) is 28.2 Å². The fourth-order valence-corrected chi connectivity index (χ4v) is 3.03. The Morgan fingerprint density at radius 2 is 2.22 bits per heavy atom. The average Bonchev–Trinajstić information content (AvgIpc) is 2.54. The molecule has 1 atom stereocenters. The van der Waals surface area contributed by atoms with Crippen molar-refractivity contribution in [2.24, 2.45) is 5.92 Å². The van der Waals surface area contributed by atoms with Crippen molar-refractivity contribution < 1.29 is 4.79 Å². The van der Waals surface area contributed by atoms with Gasteiger partial charge in [-0.2, -0.15) is 5.10 Å². The highest BCUT2D eigenvalue weighted by Gasteiger charge is 2.15. The van der Waals surface area contributed by atoms with E-state index in [4.69, 9.17) is 0 Å². The SMILES string of the molecule is CCCn1nc(C(=O)NCCCN2CCCC(C)C2)ccc1=O. The molecule has 0 saturated carbocycles. The fourth-order valence-electron chi connectivity index (χ4n) is 3.03. The molecule has 0 bridgehead atoms. The van der Waals surface area contributed by atoms with E-state index < -0.39 is 0 Å². The number of rotatable bonds is 7. The van der Waals surface area contributed by atoms with E-state index in [1.54, 1.807) is 0 Å². The van der Waals surface area contributed by atoms with Gasteiger partial charge in [0.2, 0.25) is 0 Å². The van der Waals surface area contributed by atoms with Crippen molar-refractivity contribution in [2.75, 3.05) is 26.2 Å². The van der Waals surface area contributed by atoms with Gasteiger partial charge in [0.1, 0.15) is 5.69 Å². The van der Waals surface area contributed by atoms with Crippen LogP contribution in [0.4, 0.5) is 0 Å². The molecule has 6 nitrogen and oxygen atoms in total. The monoisotopic (exact) mass is 320 g/mol. The van der Waals surface area contributed by atoms with Crippen LogP contribution >= 0.6 is 0 Å². The molecule has 1 aliphatic rings.